The Morgan fingerprint density at radius 2 is 1.70 bits per heavy atom. The number of nitrogens with one attached hydrogen (secondary N) is 2. The molecule has 2 N–H and O–H groups in total. The van der Waals surface area contributed by atoms with Crippen molar-refractivity contribution in [3.63, 3.8) is 0 Å². The molecule has 0 radical (unpaired) electrons. The first-order chi connectivity index (χ1) is 11.0. The van der Waals surface area contributed by atoms with Gasteiger partial charge < -0.3 is 10.6 Å². The SMILES string of the molecule is O=C(CCNC(=O)c1ccccc1Cl)Nc1ccc(Cl)cc1Cl. The van der Waals surface area contributed by atoms with Crippen molar-refractivity contribution < 1.29 is 9.59 Å². The third-order valence-electron chi connectivity index (χ3n) is 2.96. The maximum absolute atomic E-state index is 11.9. The largest absolute Gasteiger partial charge is 0.351 e. The quantitative estimate of drug-likeness (QED) is 0.818. The Labute approximate surface area is 148 Å². The van der Waals surface area contributed by atoms with Gasteiger partial charge in [-0.25, -0.2) is 0 Å². The Bertz CT molecular complexity index is 735. The fourth-order valence-corrected chi connectivity index (χ4v) is 2.51. The lowest BCUT2D eigenvalue weighted by molar-refractivity contribution is -0.116. The molecule has 0 fully saturated rings. The zero-order chi connectivity index (χ0) is 16.8. The van der Waals surface area contributed by atoms with E-state index in [2.05, 4.69) is 10.6 Å². The van der Waals surface area contributed by atoms with Gasteiger partial charge in [0.15, 0.2) is 0 Å². The maximum atomic E-state index is 11.9. The summed E-state index contributed by atoms with van der Waals surface area (Å²) in [6, 6.07) is 11.5. The Morgan fingerprint density at radius 3 is 2.39 bits per heavy atom. The average Bonchev–Trinajstić information content (AvgIpc) is 2.50. The fraction of sp³-hybridized carbons (Fsp3) is 0.125. The van der Waals surface area contributed by atoms with Gasteiger partial charge in [-0.1, -0.05) is 46.9 Å². The van der Waals surface area contributed by atoms with Gasteiger partial charge in [-0.05, 0) is 30.3 Å². The summed E-state index contributed by atoms with van der Waals surface area (Å²) in [5.41, 5.74) is 0.841. The van der Waals surface area contributed by atoms with E-state index in [4.69, 9.17) is 34.8 Å². The fourth-order valence-electron chi connectivity index (χ4n) is 1.83. The second-order valence-corrected chi connectivity index (χ2v) is 5.91. The average molecular weight is 372 g/mol. The van der Waals surface area contributed by atoms with Crippen LogP contribution in [0.4, 0.5) is 5.69 Å². The van der Waals surface area contributed by atoms with E-state index in [9.17, 15) is 9.59 Å². The van der Waals surface area contributed by atoms with Crippen LogP contribution in [0, 0.1) is 0 Å². The Morgan fingerprint density at radius 1 is 0.957 bits per heavy atom. The lowest BCUT2D eigenvalue weighted by Crippen LogP contribution is -2.27. The highest BCUT2D eigenvalue weighted by molar-refractivity contribution is 6.36. The molecule has 7 heteroatoms. The zero-order valence-corrected chi connectivity index (χ0v) is 14.2. The molecule has 23 heavy (non-hydrogen) atoms. The minimum absolute atomic E-state index is 0.106. The summed E-state index contributed by atoms with van der Waals surface area (Å²) in [4.78, 5) is 23.8. The Balaban J connectivity index is 1.83. The molecule has 2 amide bonds. The third-order valence-corrected chi connectivity index (χ3v) is 3.84. The van der Waals surface area contributed by atoms with E-state index in [0.717, 1.165) is 0 Å². The van der Waals surface area contributed by atoms with Crippen molar-refractivity contribution in [2.45, 2.75) is 6.42 Å². The summed E-state index contributed by atoms with van der Waals surface area (Å²) >= 11 is 17.7. The smallest absolute Gasteiger partial charge is 0.252 e. The standard InChI is InChI=1S/C16H13Cl3N2O2/c17-10-5-6-14(13(19)9-10)21-15(22)7-8-20-16(23)11-3-1-2-4-12(11)18/h1-6,9H,7-8H2,(H,20,23)(H,21,22). The van der Waals surface area contributed by atoms with Crippen LogP contribution in [0.25, 0.3) is 0 Å². The van der Waals surface area contributed by atoms with Gasteiger partial charge in [0.25, 0.3) is 5.91 Å². The van der Waals surface area contributed by atoms with Gasteiger partial charge in [-0.2, -0.15) is 0 Å². The molecular weight excluding hydrogens is 359 g/mol. The molecule has 0 aromatic heterocycles. The lowest BCUT2D eigenvalue weighted by atomic mass is 10.2. The van der Waals surface area contributed by atoms with E-state index < -0.39 is 0 Å². The monoisotopic (exact) mass is 370 g/mol. The van der Waals surface area contributed by atoms with Crippen molar-refractivity contribution in [1.82, 2.24) is 5.32 Å². The highest BCUT2D eigenvalue weighted by atomic mass is 35.5. The van der Waals surface area contributed by atoms with Crippen molar-refractivity contribution in [1.29, 1.82) is 0 Å². The molecule has 4 nitrogen and oxygen atoms in total. The van der Waals surface area contributed by atoms with Crippen LogP contribution in [0.15, 0.2) is 42.5 Å². The van der Waals surface area contributed by atoms with Crippen LogP contribution in [-0.2, 0) is 4.79 Å². The van der Waals surface area contributed by atoms with Crippen LogP contribution in [-0.4, -0.2) is 18.4 Å². The zero-order valence-electron chi connectivity index (χ0n) is 11.9. The second kappa shape index (κ2) is 8.20. The number of benzene rings is 2. The number of hydrogen-bond acceptors (Lipinski definition) is 2. The van der Waals surface area contributed by atoms with Gasteiger partial charge in [0.1, 0.15) is 0 Å². The van der Waals surface area contributed by atoms with Crippen molar-refractivity contribution in [3.05, 3.63) is 63.1 Å². The van der Waals surface area contributed by atoms with Gasteiger partial charge in [-0.3, -0.25) is 9.59 Å². The molecule has 2 rings (SSSR count). The number of amides is 2. The van der Waals surface area contributed by atoms with E-state index >= 15 is 0 Å². The first-order valence-electron chi connectivity index (χ1n) is 6.75. The van der Waals surface area contributed by atoms with Crippen LogP contribution < -0.4 is 10.6 Å². The van der Waals surface area contributed by atoms with E-state index in [1.165, 1.54) is 6.07 Å². The molecule has 120 valence electrons. The third kappa shape index (κ3) is 5.13. The van der Waals surface area contributed by atoms with Gasteiger partial charge >= 0.3 is 0 Å². The molecule has 2 aromatic carbocycles. The van der Waals surface area contributed by atoms with Crippen molar-refractivity contribution in [2.75, 3.05) is 11.9 Å². The van der Waals surface area contributed by atoms with Crippen LogP contribution in [0.2, 0.25) is 15.1 Å². The highest BCUT2D eigenvalue weighted by Crippen LogP contribution is 2.25. The van der Waals surface area contributed by atoms with Crippen molar-refractivity contribution >= 4 is 52.3 Å². The topological polar surface area (TPSA) is 58.2 Å². The highest BCUT2D eigenvalue weighted by Gasteiger charge is 2.10. The van der Waals surface area contributed by atoms with E-state index in [-0.39, 0.29) is 24.8 Å². The van der Waals surface area contributed by atoms with Crippen LogP contribution in [0.1, 0.15) is 16.8 Å². The summed E-state index contributed by atoms with van der Waals surface area (Å²) in [5, 5.41) is 6.50. The van der Waals surface area contributed by atoms with E-state index in [1.54, 1.807) is 36.4 Å². The molecule has 0 unspecified atom stereocenters. The normalized spacial score (nSPS) is 10.2. The van der Waals surface area contributed by atoms with Crippen LogP contribution >= 0.6 is 34.8 Å². The minimum Gasteiger partial charge on any atom is -0.351 e. The molecule has 0 atom stereocenters. The summed E-state index contributed by atoms with van der Waals surface area (Å²) in [6.07, 6.45) is 0.106. The molecule has 0 aliphatic carbocycles. The number of hydrogen-bond donors (Lipinski definition) is 2. The predicted octanol–water partition coefficient (Wildman–Crippen LogP) is 4.41. The predicted molar refractivity (Wildman–Crippen MR) is 93.5 cm³/mol. The van der Waals surface area contributed by atoms with Gasteiger partial charge in [0, 0.05) is 18.0 Å². The summed E-state index contributed by atoms with van der Waals surface area (Å²) in [5.74, 6) is -0.596. The van der Waals surface area contributed by atoms with E-state index in [1.807, 2.05) is 0 Å². The molecule has 0 spiro atoms. The Kier molecular flexibility index (Phi) is 6.28. The van der Waals surface area contributed by atoms with Crippen molar-refractivity contribution in [3.8, 4) is 0 Å². The molecule has 0 aliphatic heterocycles. The molecule has 0 heterocycles. The second-order valence-electron chi connectivity index (χ2n) is 4.66. The van der Waals surface area contributed by atoms with Gasteiger partial charge in [0.05, 0.1) is 21.3 Å². The van der Waals surface area contributed by atoms with Gasteiger partial charge in [0.2, 0.25) is 5.91 Å². The first-order valence-corrected chi connectivity index (χ1v) is 7.88. The lowest BCUT2D eigenvalue weighted by Gasteiger charge is -2.09. The Hall–Kier alpha value is -1.75. The number of anilines is 1. The van der Waals surface area contributed by atoms with Crippen molar-refractivity contribution in [2.24, 2.45) is 0 Å². The molecule has 2 aromatic rings. The van der Waals surface area contributed by atoms with Gasteiger partial charge in [-0.15, -0.1) is 0 Å². The molecular formula is C16H13Cl3N2O2. The minimum atomic E-state index is -0.326. The molecule has 0 aliphatic rings. The first kappa shape index (κ1) is 17.6. The number of halogens is 3. The molecule has 0 saturated carbocycles. The number of rotatable bonds is 5. The van der Waals surface area contributed by atoms with Crippen LogP contribution in [0.5, 0.6) is 0 Å². The maximum Gasteiger partial charge on any atom is 0.252 e. The molecule has 0 saturated heterocycles. The van der Waals surface area contributed by atoms with Crippen LogP contribution in [0.3, 0.4) is 0 Å². The number of carbonyl (C=O) groups excluding carboxylic acids is 2. The summed E-state index contributed by atoms with van der Waals surface area (Å²) in [7, 11) is 0. The van der Waals surface area contributed by atoms with E-state index in [0.29, 0.717) is 26.3 Å². The summed E-state index contributed by atoms with van der Waals surface area (Å²) < 4.78 is 0. The number of carbonyl (C=O) groups is 2. The molecule has 0 bridgehead atoms. The summed E-state index contributed by atoms with van der Waals surface area (Å²) in [6.45, 7) is 0.182.